The van der Waals surface area contributed by atoms with Crippen molar-refractivity contribution < 1.29 is 4.84 Å². The van der Waals surface area contributed by atoms with Gasteiger partial charge < -0.3 is 4.84 Å². The van der Waals surface area contributed by atoms with Crippen LogP contribution in [0.1, 0.15) is 18.0 Å². The molecular formula is C9H9BrClNO. The van der Waals surface area contributed by atoms with Crippen molar-refractivity contribution in [2.24, 2.45) is 0 Å². The van der Waals surface area contributed by atoms with Gasteiger partial charge in [-0.3, -0.25) is 0 Å². The average molecular weight is 263 g/mol. The van der Waals surface area contributed by atoms with Gasteiger partial charge in [0.05, 0.1) is 12.6 Å². The van der Waals surface area contributed by atoms with E-state index in [2.05, 4.69) is 21.4 Å². The predicted molar refractivity (Wildman–Crippen MR) is 55.6 cm³/mol. The number of hydrogen-bond donors (Lipinski definition) is 1. The largest absolute Gasteiger partial charge is 0.301 e. The van der Waals surface area contributed by atoms with E-state index in [-0.39, 0.29) is 6.04 Å². The van der Waals surface area contributed by atoms with E-state index < -0.39 is 0 Å². The maximum Gasteiger partial charge on any atom is 0.0701 e. The van der Waals surface area contributed by atoms with E-state index in [1.165, 1.54) is 0 Å². The molecule has 1 heterocycles. The van der Waals surface area contributed by atoms with Crippen molar-refractivity contribution in [1.82, 2.24) is 5.48 Å². The Hall–Kier alpha value is -0.0900. The first-order valence-corrected chi connectivity index (χ1v) is 5.27. The van der Waals surface area contributed by atoms with Crippen LogP contribution >= 0.6 is 27.5 Å². The molecule has 0 aromatic heterocycles. The number of rotatable bonds is 1. The molecule has 13 heavy (non-hydrogen) atoms. The topological polar surface area (TPSA) is 21.3 Å². The third-order valence-electron chi connectivity index (χ3n) is 2.07. The Morgan fingerprint density at radius 3 is 3.08 bits per heavy atom. The third-order valence-corrected chi connectivity index (χ3v) is 3.02. The maximum atomic E-state index is 5.91. The highest BCUT2D eigenvalue weighted by molar-refractivity contribution is 9.10. The summed E-state index contributed by atoms with van der Waals surface area (Å²) in [6.45, 7) is 0.754. The minimum Gasteiger partial charge on any atom is -0.301 e. The summed E-state index contributed by atoms with van der Waals surface area (Å²) in [6.07, 6.45) is 0.985. The van der Waals surface area contributed by atoms with E-state index in [9.17, 15) is 0 Å². The lowest BCUT2D eigenvalue weighted by molar-refractivity contribution is 0.0882. The molecule has 1 atom stereocenters. The molecule has 4 heteroatoms. The summed E-state index contributed by atoms with van der Waals surface area (Å²) in [4.78, 5) is 5.09. The second-order valence-corrected chi connectivity index (χ2v) is 4.26. The number of hydroxylamine groups is 1. The summed E-state index contributed by atoms with van der Waals surface area (Å²) in [5, 5.41) is 0.756. The van der Waals surface area contributed by atoms with Crippen LogP contribution in [0.4, 0.5) is 0 Å². The van der Waals surface area contributed by atoms with Crippen LogP contribution in [0.15, 0.2) is 22.7 Å². The molecule has 1 aromatic carbocycles. The van der Waals surface area contributed by atoms with Crippen LogP contribution in [0.3, 0.4) is 0 Å². The molecular weight excluding hydrogens is 253 g/mol. The highest BCUT2D eigenvalue weighted by Crippen LogP contribution is 2.30. The van der Waals surface area contributed by atoms with E-state index in [0.717, 1.165) is 28.1 Å². The standard InChI is InChI=1S/C9H9BrClNO/c10-8-2-1-6(11)5-7(8)9-3-4-13-12-9/h1-2,5,9,12H,3-4H2. The van der Waals surface area contributed by atoms with Gasteiger partial charge in [0.1, 0.15) is 0 Å². The van der Waals surface area contributed by atoms with E-state index in [1.807, 2.05) is 18.2 Å². The first-order chi connectivity index (χ1) is 6.27. The summed E-state index contributed by atoms with van der Waals surface area (Å²) >= 11 is 9.39. The van der Waals surface area contributed by atoms with Crippen molar-refractivity contribution in [2.75, 3.05) is 6.61 Å². The van der Waals surface area contributed by atoms with Crippen LogP contribution in [0.25, 0.3) is 0 Å². The van der Waals surface area contributed by atoms with Crippen LogP contribution < -0.4 is 5.48 Å². The van der Waals surface area contributed by atoms with Gasteiger partial charge in [0.2, 0.25) is 0 Å². The highest BCUT2D eigenvalue weighted by Gasteiger charge is 2.19. The molecule has 1 aromatic rings. The Balaban J connectivity index is 2.32. The summed E-state index contributed by atoms with van der Waals surface area (Å²) in [7, 11) is 0. The number of nitrogens with one attached hydrogen (secondary N) is 1. The molecule has 1 fully saturated rings. The van der Waals surface area contributed by atoms with Gasteiger partial charge in [0.25, 0.3) is 0 Å². The second-order valence-electron chi connectivity index (χ2n) is 2.97. The fourth-order valence-corrected chi connectivity index (χ4v) is 2.10. The lowest BCUT2D eigenvalue weighted by atomic mass is 10.1. The molecule has 0 aliphatic carbocycles. The Bertz CT molecular complexity index is 312. The van der Waals surface area contributed by atoms with E-state index in [0.29, 0.717) is 0 Å². The molecule has 0 radical (unpaired) electrons. The Labute approximate surface area is 90.3 Å². The normalized spacial score (nSPS) is 22.2. The Morgan fingerprint density at radius 1 is 1.54 bits per heavy atom. The van der Waals surface area contributed by atoms with Crippen LogP contribution in [0.2, 0.25) is 5.02 Å². The minimum absolute atomic E-state index is 0.257. The van der Waals surface area contributed by atoms with Gasteiger partial charge in [-0.25, -0.2) is 0 Å². The molecule has 0 saturated carbocycles. The van der Waals surface area contributed by atoms with Gasteiger partial charge in [-0.1, -0.05) is 27.5 Å². The van der Waals surface area contributed by atoms with Gasteiger partial charge >= 0.3 is 0 Å². The van der Waals surface area contributed by atoms with Crippen LogP contribution in [-0.4, -0.2) is 6.61 Å². The maximum absolute atomic E-state index is 5.91. The van der Waals surface area contributed by atoms with Crippen LogP contribution in [0, 0.1) is 0 Å². The second kappa shape index (κ2) is 3.96. The van der Waals surface area contributed by atoms with Crippen molar-refractivity contribution >= 4 is 27.5 Å². The molecule has 2 nitrogen and oxygen atoms in total. The van der Waals surface area contributed by atoms with Crippen molar-refractivity contribution in [2.45, 2.75) is 12.5 Å². The molecule has 0 bridgehead atoms. The Kier molecular flexibility index (Phi) is 2.89. The van der Waals surface area contributed by atoms with E-state index in [4.69, 9.17) is 16.4 Å². The fourth-order valence-electron chi connectivity index (χ4n) is 1.40. The smallest absolute Gasteiger partial charge is 0.0701 e. The zero-order valence-electron chi connectivity index (χ0n) is 6.89. The first-order valence-electron chi connectivity index (χ1n) is 4.09. The van der Waals surface area contributed by atoms with Gasteiger partial charge in [-0.15, -0.1) is 0 Å². The molecule has 1 unspecified atom stereocenters. The number of halogens is 2. The fraction of sp³-hybridized carbons (Fsp3) is 0.333. The van der Waals surface area contributed by atoms with E-state index in [1.54, 1.807) is 0 Å². The summed E-state index contributed by atoms with van der Waals surface area (Å²) in [6, 6.07) is 6.04. The highest BCUT2D eigenvalue weighted by atomic mass is 79.9. The monoisotopic (exact) mass is 261 g/mol. The SMILES string of the molecule is Clc1ccc(Br)c(C2CCON2)c1. The van der Waals surface area contributed by atoms with Crippen molar-refractivity contribution in [1.29, 1.82) is 0 Å². The van der Waals surface area contributed by atoms with Crippen molar-refractivity contribution in [3.05, 3.63) is 33.3 Å². The average Bonchev–Trinajstić information content (AvgIpc) is 2.61. The summed E-state index contributed by atoms with van der Waals surface area (Å²) < 4.78 is 1.07. The van der Waals surface area contributed by atoms with Gasteiger partial charge in [-0.05, 0) is 30.2 Å². The quantitative estimate of drug-likeness (QED) is 0.840. The number of hydrogen-bond acceptors (Lipinski definition) is 2. The zero-order valence-corrected chi connectivity index (χ0v) is 9.23. The molecule has 2 rings (SSSR count). The summed E-state index contributed by atoms with van der Waals surface area (Å²) in [5.41, 5.74) is 4.11. The van der Waals surface area contributed by atoms with Gasteiger partial charge in [0.15, 0.2) is 0 Å². The predicted octanol–water partition coefficient (Wildman–Crippen LogP) is 3.07. The minimum atomic E-state index is 0.257. The molecule has 1 aliphatic rings. The number of benzene rings is 1. The van der Waals surface area contributed by atoms with Crippen molar-refractivity contribution in [3.8, 4) is 0 Å². The van der Waals surface area contributed by atoms with Gasteiger partial charge in [0, 0.05) is 9.50 Å². The molecule has 0 amide bonds. The molecule has 70 valence electrons. The molecule has 1 saturated heterocycles. The van der Waals surface area contributed by atoms with Crippen LogP contribution in [0.5, 0.6) is 0 Å². The Morgan fingerprint density at radius 2 is 2.38 bits per heavy atom. The van der Waals surface area contributed by atoms with Gasteiger partial charge in [-0.2, -0.15) is 5.48 Å². The third kappa shape index (κ3) is 2.05. The lowest BCUT2D eigenvalue weighted by Crippen LogP contribution is -2.11. The molecule has 1 aliphatic heterocycles. The van der Waals surface area contributed by atoms with Crippen LogP contribution in [-0.2, 0) is 4.84 Å². The summed E-state index contributed by atoms with van der Waals surface area (Å²) in [5.74, 6) is 0. The van der Waals surface area contributed by atoms with E-state index >= 15 is 0 Å². The zero-order chi connectivity index (χ0) is 9.26. The molecule has 0 spiro atoms. The molecule has 1 N–H and O–H groups in total. The first kappa shape index (κ1) is 9.46. The van der Waals surface area contributed by atoms with Crippen molar-refractivity contribution in [3.63, 3.8) is 0 Å². The lowest BCUT2D eigenvalue weighted by Gasteiger charge is -2.11.